The van der Waals surface area contributed by atoms with E-state index in [1.807, 2.05) is 38.1 Å². The van der Waals surface area contributed by atoms with Crippen molar-refractivity contribution < 1.29 is 9.32 Å². The zero-order valence-corrected chi connectivity index (χ0v) is 21.7. The van der Waals surface area contributed by atoms with E-state index >= 15 is 0 Å². The van der Waals surface area contributed by atoms with E-state index < -0.39 is 0 Å². The molecule has 0 atom stereocenters. The third-order valence-electron chi connectivity index (χ3n) is 6.59. The average molecular weight is 493 g/mol. The first-order chi connectivity index (χ1) is 17.1. The van der Waals surface area contributed by atoms with Gasteiger partial charge in [0.05, 0.1) is 11.3 Å². The SMILES string of the molecule is Cc1noc(C)c1CSc1ccccc1C(=O)NCCCCN1CCN(Cc2ccccc2)CC1. The fraction of sp³-hybridized carbons (Fsp3) is 0.429. The second-order valence-electron chi connectivity index (χ2n) is 9.15. The van der Waals surface area contributed by atoms with Gasteiger partial charge in [0.15, 0.2) is 0 Å². The molecule has 0 spiro atoms. The molecule has 1 fully saturated rings. The molecule has 0 radical (unpaired) electrons. The van der Waals surface area contributed by atoms with Gasteiger partial charge in [-0.2, -0.15) is 0 Å². The Morgan fingerprint density at radius 1 is 0.971 bits per heavy atom. The Morgan fingerprint density at radius 2 is 1.69 bits per heavy atom. The number of carbonyl (C=O) groups excluding carboxylic acids is 1. The van der Waals surface area contributed by atoms with E-state index in [-0.39, 0.29) is 5.91 Å². The zero-order valence-electron chi connectivity index (χ0n) is 20.8. The number of aryl methyl sites for hydroxylation is 2. The number of thioether (sulfide) groups is 1. The number of nitrogens with one attached hydrogen (secondary N) is 1. The number of nitrogens with zero attached hydrogens (tertiary/aromatic N) is 3. The molecule has 0 saturated carbocycles. The van der Waals surface area contributed by atoms with Crippen LogP contribution in [0.1, 0.15) is 45.8 Å². The largest absolute Gasteiger partial charge is 0.361 e. The molecule has 0 aliphatic carbocycles. The first kappa shape index (κ1) is 25.5. The molecule has 4 rings (SSSR count). The third-order valence-corrected chi connectivity index (χ3v) is 7.69. The quantitative estimate of drug-likeness (QED) is 0.303. The number of unbranched alkanes of at least 4 members (excludes halogenated alkanes) is 1. The normalized spacial score (nSPS) is 14.8. The second kappa shape index (κ2) is 12.9. The molecule has 0 unspecified atom stereocenters. The molecule has 1 aliphatic heterocycles. The highest BCUT2D eigenvalue weighted by Gasteiger charge is 2.17. The molecule has 6 nitrogen and oxygen atoms in total. The summed E-state index contributed by atoms with van der Waals surface area (Å²) in [5.74, 6) is 1.58. The maximum atomic E-state index is 12.8. The zero-order chi connectivity index (χ0) is 24.5. The van der Waals surface area contributed by atoms with Crippen molar-refractivity contribution in [3.63, 3.8) is 0 Å². The van der Waals surface area contributed by atoms with E-state index in [0.717, 1.165) is 85.3 Å². The van der Waals surface area contributed by atoms with Gasteiger partial charge < -0.3 is 14.7 Å². The van der Waals surface area contributed by atoms with Crippen molar-refractivity contribution in [2.45, 2.75) is 43.9 Å². The van der Waals surface area contributed by atoms with Crippen LogP contribution in [-0.2, 0) is 12.3 Å². The monoisotopic (exact) mass is 492 g/mol. The van der Waals surface area contributed by atoms with Crippen LogP contribution in [0.2, 0.25) is 0 Å². The van der Waals surface area contributed by atoms with Gasteiger partial charge in [0.2, 0.25) is 0 Å². The highest BCUT2D eigenvalue weighted by atomic mass is 32.2. The summed E-state index contributed by atoms with van der Waals surface area (Å²) in [4.78, 5) is 18.9. The van der Waals surface area contributed by atoms with Crippen LogP contribution in [0.5, 0.6) is 0 Å². The third kappa shape index (κ3) is 7.43. The van der Waals surface area contributed by atoms with Crippen LogP contribution in [0.4, 0.5) is 0 Å². The molecule has 1 amide bonds. The van der Waals surface area contributed by atoms with Gasteiger partial charge in [-0.3, -0.25) is 9.69 Å². The van der Waals surface area contributed by atoms with E-state index in [4.69, 9.17) is 4.52 Å². The maximum absolute atomic E-state index is 12.8. The van der Waals surface area contributed by atoms with E-state index in [0.29, 0.717) is 6.54 Å². The topological polar surface area (TPSA) is 61.6 Å². The Bertz CT molecular complexity index is 1060. The molecule has 1 aliphatic rings. The van der Waals surface area contributed by atoms with Crippen molar-refractivity contribution in [2.24, 2.45) is 0 Å². The Morgan fingerprint density at radius 3 is 2.43 bits per heavy atom. The van der Waals surface area contributed by atoms with Crippen molar-refractivity contribution in [3.8, 4) is 0 Å². The van der Waals surface area contributed by atoms with Gasteiger partial charge in [-0.25, -0.2) is 0 Å². The summed E-state index contributed by atoms with van der Waals surface area (Å²) in [6.07, 6.45) is 2.09. The maximum Gasteiger partial charge on any atom is 0.252 e. The molecule has 1 saturated heterocycles. The van der Waals surface area contributed by atoms with Gasteiger partial charge in [0.25, 0.3) is 5.91 Å². The van der Waals surface area contributed by atoms with Crippen molar-refractivity contribution in [1.29, 1.82) is 0 Å². The van der Waals surface area contributed by atoms with Crippen LogP contribution >= 0.6 is 11.8 Å². The van der Waals surface area contributed by atoms with Crippen molar-refractivity contribution in [3.05, 3.63) is 82.7 Å². The predicted octanol–water partition coefficient (Wildman–Crippen LogP) is 4.91. The lowest BCUT2D eigenvalue weighted by Crippen LogP contribution is -2.46. The van der Waals surface area contributed by atoms with Crippen molar-refractivity contribution >= 4 is 17.7 Å². The predicted molar refractivity (Wildman–Crippen MR) is 142 cm³/mol. The van der Waals surface area contributed by atoms with E-state index in [1.54, 1.807) is 11.8 Å². The van der Waals surface area contributed by atoms with E-state index in [1.165, 1.54) is 5.56 Å². The number of carbonyl (C=O) groups is 1. The number of hydrogen-bond donors (Lipinski definition) is 1. The summed E-state index contributed by atoms with van der Waals surface area (Å²) in [5, 5.41) is 7.14. The van der Waals surface area contributed by atoms with Crippen molar-refractivity contribution in [2.75, 3.05) is 39.3 Å². The van der Waals surface area contributed by atoms with Gasteiger partial charge in [0, 0.05) is 55.5 Å². The molecule has 35 heavy (non-hydrogen) atoms. The minimum absolute atomic E-state index is 0.00129. The minimum Gasteiger partial charge on any atom is -0.361 e. The van der Waals surface area contributed by atoms with Gasteiger partial charge >= 0.3 is 0 Å². The fourth-order valence-electron chi connectivity index (χ4n) is 4.41. The summed E-state index contributed by atoms with van der Waals surface area (Å²) >= 11 is 1.65. The molecule has 0 bridgehead atoms. The molecular formula is C28H36N4O2S. The number of amides is 1. The van der Waals surface area contributed by atoms with Gasteiger partial charge in [0.1, 0.15) is 5.76 Å². The summed E-state index contributed by atoms with van der Waals surface area (Å²) < 4.78 is 5.26. The summed E-state index contributed by atoms with van der Waals surface area (Å²) in [7, 11) is 0. The average Bonchev–Trinajstić information content (AvgIpc) is 3.21. The summed E-state index contributed by atoms with van der Waals surface area (Å²) in [5.41, 5.74) is 4.14. The van der Waals surface area contributed by atoms with Crippen LogP contribution in [0.15, 0.2) is 64.0 Å². The smallest absolute Gasteiger partial charge is 0.252 e. The lowest BCUT2D eigenvalue weighted by Gasteiger charge is -2.34. The number of hydrogen-bond acceptors (Lipinski definition) is 6. The van der Waals surface area contributed by atoms with E-state index in [2.05, 4.69) is 50.6 Å². The Kier molecular flexibility index (Phi) is 9.40. The Hall–Kier alpha value is -2.61. The minimum atomic E-state index is 0.00129. The van der Waals surface area contributed by atoms with Crippen LogP contribution < -0.4 is 5.32 Å². The number of piperazine rings is 1. The second-order valence-corrected chi connectivity index (χ2v) is 10.2. The van der Waals surface area contributed by atoms with Crippen LogP contribution in [-0.4, -0.2) is 60.1 Å². The standard InChI is InChI=1S/C28H36N4O2S/c1-22-26(23(2)34-30-22)21-35-27-13-7-6-12-25(27)28(33)29-14-8-9-15-31-16-18-32(19-17-31)20-24-10-4-3-5-11-24/h3-7,10-13H,8-9,14-21H2,1-2H3,(H,29,33). The van der Waals surface area contributed by atoms with Crippen LogP contribution in [0.25, 0.3) is 0 Å². The molecule has 7 heteroatoms. The first-order valence-corrected chi connectivity index (χ1v) is 13.5. The van der Waals surface area contributed by atoms with Crippen LogP contribution in [0.3, 0.4) is 0 Å². The van der Waals surface area contributed by atoms with E-state index in [9.17, 15) is 4.79 Å². The number of benzene rings is 2. The van der Waals surface area contributed by atoms with Crippen LogP contribution in [0, 0.1) is 13.8 Å². The number of aromatic nitrogens is 1. The highest BCUT2D eigenvalue weighted by Crippen LogP contribution is 2.28. The summed E-state index contributed by atoms with van der Waals surface area (Å²) in [6, 6.07) is 18.5. The lowest BCUT2D eigenvalue weighted by atomic mass is 10.2. The van der Waals surface area contributed by atoms with Gasteiger partial charge in [-0.05, 0) is 50.9 Å². The van der Waals surface area contributed by atoms with Gasteiger partial charge in [-0.1, -0.05) is 47.6 Å². The molecule has 1 N–H and O–H groups in total. The molecule has 186 valence electrons. The molecule has 2 aromatic carbocycles. The Labute approximate surface area is 213 Å². The Balaban J connectivity index is 1.14. The van der Waals surface area contributed by atoms with Crippen molar-refractivity contribution in [1.82, 2.24) is 20.3 Å². The molecule has 1 aromatic heterocycles. The first-order valence-electron chi connectivity index (χ1n) is 12.5. The molecule has 3 aromatic rings. The molecule has 2 heterocycles. The molecular weight excluding hydrogens is 456 g/mol. The lowest BCUT2D eigenvalue weighted by molar-refractivity contribution is 0.0948. The summed E-state index contributed by atoms with van der Waals surface area (Å²) in [6.45, 7) is 11.2. The van der Waals surface area contributed by atoms with Gasteiger partial charge in [-0.15, -0.1) is 11.8 Å². The highest BCUT2D eigenvalue weighted by molar-refractivity contribution is 7.98. The number of rotatable bonds is 11. The fourth-order valence-corrected chi connectivity index (χ4v) is 5.61.